The summed E-state index contributed by atoms with van der Waals surface area (Å²) in [4.78, 5) is 10.7. The summed E-state index contributed by atoms with van der Waals surface area (Å²) in [5.74, 6) is -0.920. The van der Waals surface area contributed by atoms with E-state index in [2.05, 4.69) is 19.7 Å². The van der Waals surface area contributed by atoms with Crippen LogP contribution in [0.15, 0.2) is 42.1 Å². The molecule has 0 aliphatic carbocycles. The van der Waals surface area contributed by atoms with Crippen molar-refractivity contribution in [2.45, 2.75) is 5.03 Å². The Morgan fingerprint density at radius 3 is 2.59 bits per heavy atom. The number of halogens is 1. The van der Waals surface area contributed by atoms with Crippen LogP contribution in [-0.4, -0.2) is 23.4 Å². The van der Waals surface area contributed by atoms with Gasteiger partial charge in [0.1, 0.15) is 6.33 Å². The van der Waals surface area contributed by atoms with Crippen molar-refractivity contribution >= 4 is 15.7 Å². The van der Waals surface area contributed by atoms with Crippen LogP contribution in [0.1, 0.15) is 0 Å². The number of sulfonamides is 1. The molecule has 0 atom stereocenters. The Labute approximate surface area is 96.6 Å². The Bertz CT molecular complexity index is 618. The highest BCUT2D eigenvalue weighted by Crippen LogP contribution is 2.14. The molecule has 0 bridgehead atoms. The van der Waals surface area contributed by atoms with E-state index in [0.29, 0.717) is 0 Å². The summed E-state index contributed by atoms with van der Waals surface area (Å²) in [5.41, 5.74) is 0.137. The molecule has 2 aromatic heterocycles. The van der Waals surface area contributed by atoms with Gasteiger partial charge in [0, 0.05) is 6.20 Å². The molecule has 0 unspecified atom stereocenters. The van der Waals surface area contributed by atoms with Crippen LogP contribution in [0, 0.1) is 5.82 Å². The molecule has 0 aliphatic rings. The molecule has 2 aromatic rings. The first-order chi connectivity index (χ1) is 8.09. The van der Waals surface area contributed by atoms with Crippen molar-refractivity contribution in [2.75, 3.05) is 4.72 Å². The Balaban J connectivity index is 2.36. The van der Waals surface area contributed by atoms with Gasteiger partial charge >= 0.3 is 0 Å². The summed E-state index contributed by atoms with van der Waals surface area (Å²) in [6.45, 7) is 0. The first kappa shape index (κ1) is 11.4. The number of hydrogen-bond donors (Lipinski definition) is 1. The number of pyridine rings is 1. The second-order valence-corrected chi connectivity index (χ2v) is 4.62. The van der Waals surface area contributed by atoms with Crippen LogP contribution >= 0.6 is 0 Å². The van der Waals surface area contributed by atoms with Gasteiger partial charge in [0.15, 0.2) is 5.82 Å². The molecule has 2 rings (SSSR count). The lowest BCUT2D eigenvalue weighted by molar-refractivity contribution is 0.557. The number of anilines is 1. The quantitative estimate of drug-likeness (QED) is 0.876. The predicted molar refractivity (Wildman–Crippen MR) is 57.0 cm³/mol. The van der Waals surface area contributed by atoms with E-state index in [-0.39, 0.29) is 5.69 Å². The number of nitrogens with one attached hydrogen (secondary N) is 1. The Morgan fingerprint density at radius 1 is 1.24 bits per heavy atom. The third-order valence-corrected chi connectivity index (χ3v) is 3.11. The van der Waals surface area contributed by atoms with Crippen LogP contribution in [-0.2, 0) is 10.0 Å². The molecule has 0 aliphatic heterocycles. The Morgan fingerprint density at radius 2 is 1.94 bits per heavy atom. The molecule has 0 radical (unpaired) electrons. The zero-order valence-electron chi connectivity index (χ0n) is 8.41. The van der Waals surface area contributed by atoms with Crippen LogP contribution in [0.2, 0.25) is 0 Å². The molecule has 0 spiro atoms. The second-order valence-electron chi connectivity index (χ2n) is 3.02. The number of nitrogens with zero attached hydrogens (tertiary/aromatic N) is 3. The molecule has 6 nitrogen and oxygen atoms in total. The molecule has 17 heavy (non-hydrogen) atoms. The van der Waals surface area contributed by atoms with E-state index < -0.39 is 20.9 Å². The van der Waals surface area contributed by atoms with E-state index in [0.717, 1.165) is 6.07 Å². The lowest BCUT2D eigenvalue weighted by Crippen LogP contribution is -2.16. The number of aromatic nitrogens is 3. The molecular formula is C9H7FN4O2S. The average Bonchev–Trinajstić information content (AvgIpc) is 2.30. The van der Waals surface area contributed by atoms with E-state index in [4.69, 9.17) is 0 Å². The first-order valence-electron chi connectivity index (χ1n) is 4.48. The van der Waals surface area contributed by atoms with Crippen molar-refractivity contribution in [1.29, 1.82) is 0 Å². The fourth-order valence-electron chi connectivity index (χ4n) is 1.12. The fourth-order valence-corrected chi connectivity index (χ4v) is 2.16. The van der Waals surface area contributed by atoms with Gasteiger partial charge in [0.2, 0.25) is 5.03 Å². The van der Waals surface area contributed by atoms with Crippen molar-refractivity contribution in [2.24, 2.45) is 0 Å². The van der Waals surface area contributed by atoms with Crippen LogP contribution < -0.4 is 4.72 Å². The van der Waals surface area contributed by atoms with Crippen LogP contribution in [0.25, 0.3) is 0 Å². The predicted octanol–water partition coefficient (Wildman–Crippen LogP) is 0.812. The van der Waals surface area contributed by atoms with Gasteiger partial charge in [-0.25, -0.2) is 19.3 Å². The molecule has 1 N–H and O–H groups in total. The average molecular weight is 254 g/mol. The molecule has 2 heterocycles. The van der Waals surface area contributed by atoms with Gasteiger partial charge in [-0.1, -0.05) is 0 Å². The van der Waals surface area contributed by atoms with Crippen molar-refractivity contribution in [3.8, 4) is 0 Å². The van der Waals surface area contributed by atoms with Gasteiger partial charge in [-0.3, -0.25) is 4.72 Å². The lowest BCUT2D eigenvalue weighted by atomic mass is 10.5. The van der Waals surface area contributed by atoms with Gasteiger partial charge in [-0.05, 0) is 12.1 Å². The summed E-state index contributed by atoms with van der Waals surface area (Å²) in [5, 5.41) is -0.663. The largest absolute Gasteiger partial charge is 0.282 e. The van der Waals surface area contributed by atoms with Crippen molar-refractivity contribution in [1.82, 2.24) is 15.0 Å². The van der Waals surface area contributed by atoms with Gasteiger partial charge in [-0.15, -0.1) is 0 Å². The number of hydrogen-bond acceptors (Lipinski definition) is 5. The third kappa shape index (κ3) is 2.53. The van der Waals surface area contributed by atoms with Gasteiger partial charge in [0.25, 0.3) is 10.0 Å². The Hall–Kier alpha value is -2.09. The van der Waals surface area contributed by atoms with E-state index in [9.17, 15) is 12.8 Å². The fraction of sp³-hybridized carbons (Fsp3) is 0. The van der Waals surface area contributed by atoms with E-state index in [1.54, 1.807) is 0 Å². The normalized spacial score (nSPS) is 11.1. The maximum absolute atomic E-state index is 13.3. The maximum atomic E-state index is 13.3. The van der Waals surface area contributed by atoms with Crippen LogP contribution in [0.4, 0.5) is 10.1 Å². The summed E-state index contributed by atoms with van der Waals surface area (Å²) >= 11 is 0. The minimum Gasteiger partial charge on any atom is -0.275 e. The minimum atomic E-state index is -4.06. The molecule has 0 saturated heterocycles. The summed E-state index contributed by atoms with van der Waals surface area (Å²) < 4.78 is 38.9. The molecular weight excluding hydrogens is 247 g/mol. The maximum Gasteiger partial charge on any atom is 0.282 e. The van der Waals surface area contributed by atoms with Gasteiger partial charge in [0.05, 0.1) is 18.1 Å². The summed E-state index contributed by atoms with van der Waals surface area (Å²) in [6.07, 6.45) is 4.95. The van der Waals surface area contributed by atoms with Crippen LogP contribution in [0.3, 0.4) is 0 Å². The SMILES string of the molecule is O=S(=O)(Nc1cncnc1)c1ncccc1F. The zero-order chi connectivity index (χ0) is 12.3. The van der Waals surface area contributed by atoms with Gasteiger partial charge in [-0.2, -0.15) is 8.42 Å². The van der Waals surface area contributed by atoms with E-state index in [1.807, 2.05) is 0 Å². The van der Waals surface area contributed by atoms with Crippen LogP contribution in [0.5, 0.6) is 0 Å². The molecule has 8 heteroatoms. The Kier molecular flexibility index (Phi) is 2.96. The first-order valence-corrected chi connectivity index (χ1v) is 5.96. The molecule has 0 aromatic carbocycles. The molecule has 88 valence electrons. The van der Waals surface area contributed by atoms with E-state index in [1.165, 1.54) is 31.0 Å². The molecule has 0 amide bonds. The number of rotatable bonds is 3. The molecule has 0 fully saturated rings. The minimum absolute atomic E-state index is 0.137. The zero-order valence-corrected chi connectivity index (χ0v) is 9.22. The highest BCUT2D eigenvalue weighted by atomic mass is 32.2. The smallest absolute Gasteiger partial charge is 0.275 e. The topological polar surface area (TPSA) is 84.8 Å². The van der Waals surface area contributed by atoms with E-state index >= 15 is 0 Å². The second kappa shape index (κ2) is 4.42. The summed E-state index contributed by atoms with van der Waals surface area (Å²) in [6, 6.07) is 2.32. The summed E-state index contributed by atoms with van der Waals surface area (Å²) in [7, 11) is -4.06. The standard InChI is InChI=1S/C9H7FN4O2S/c10-8-2-1-3-13-9(8)17(15,16)14-7-4-11-6-12-5-7/h1-6,14H. The molecule has 0 saturated carbocycles. The highest BCUT2D eigenvalue weighted by molar-refractivity contribution is 7.92. The van der Waals surface area contributed by atoms with Crippen molar-refractivity contribution < 1.29 is 12.8 Å². The third-order valence-electron chi connectivity index (χ3n) is 1.79. The van der Waals surface area contributed by atoms with Crippen molar-refractivity contribution in [3.05, 3.63) is 42.9 Å². The van der Waals surface area contributed by atoms with Crippen molar-refractivity contribution in [3.63, 3.8) is 0 Å². The monoisotopic (exact) mass is 254 g/mol. The highest BCUT2D eigenvalue weighted by Gasteiger charge is 2.20. The lowest BCUT2D eigenvalue weighted by Gasteiger charge is -2.06. The van der Waals surface area contributed by atoms with Gasteiger partial charge < -0.3 is 0 Å².